The molecular formula is C21H27N5O3. The first kappa shape index (κ1) is 19.7. The molecule has 2 amide bonds. The molecule has 8 heteroatoms. The van der Waals surface area contributed by atoms with Crippen LogP contribution in [0.1, 0.15) is 12.1 Å². The lowest BCUT2D eigenvalue weighted by molar-refractivity contribution is -0.143. The Morgan fingerprint density at radius 3 is 2.69 bits per heavy atom. The van der Waals surface area contributed by atoms with Gasteiger partial charge in [0, 0.05) is 33.2 Å². The second kappa shape index (κ2) is 8.84. The van der Waals surface area contributed by atoms with Crippen molar-refractivity contribution in [3.05, 3.63) is 36.2 Å². The van der Waals surface area contributed by atoms with Crippen molar-refractivity contribution in [2.24, 2.45) is 11.8 Å². The van der Waals surface area contributed by atoms with Gasteiger partial charge in [0.05, 0.1) is 54.5 Å². The third-order valence-electron chi connectivity index (χ3n) is 5.65. The van der Waals surface area contributed by atoms with E-state index in [-0.39, 0.29) is 23.7 Å². The van der Waals surface area contributed by atoms with Crippen LogP contribution in [-0.2, 0) is 20.9 Å². The van der Waals surface area contributed by atoms with E-state index in [1.165, 1.54) is 0 Å². The number of rotatable bonds is 4. The summed E-state index contributed by atoms with van der Waals surface area (Å²) in [7, 11) is 1.78. The highest BCUT2D eigenvalue weighted by atomic mass is 16.5. The van der Waals surface area contributed by atoms with E-state index in [9.17, 15) is 9.59 Å². The zero-order valence-corrected chi connectivity index (χ0v) is 16.7. The summed E-state index contributed by atoms with van der Waals surface area (Å²) in [6.45, 7) is 4.06. The number of carbonyl (C=O) groups is 2. The number of benzene rings is 1. The molecule has 1 aromatic carbocycles. The monoisotopic (exact) mass is 397 g/mol. The molecule has 2 aromatic rings. The minimum Gasteiger partial charge on any atom is -0.378 e. The van der Waals surface area contributed by atoms with E-state index >= 15 is 0 Å². The molecule has 2 aliphatic rings. The maximum Gasteiger partial charge on any atom is 0.227 e. The molecule has 0 radical (unpaired) electrons. The Morgan fingerprint density at radius 2 is 1.90 bits per heavy atom. The Kier molecular flexibility index (Phi) is 6.01. The number of nitrogens with one attached hydrogen (secondary N) is 1. The van der Waals surface area contributed by atoms with Gasteiger partial charge >= 0.3 is 0 Å². The van der Waals surface area contributed by atoms with E-state index in [1.807, 2.05) is 29.2 Å². The summed E-state index contributed by atoms with van der Waals surface area (Å²) < 4.78 is 5.33. The van der Waals surface area contributed by atoms with Gasteiger partial charge in [0.25, 0.3) is 0 Å². The van der Waals surface area contributed by atoms with Crippen molar-refractivity contribution in [2.75, 3.05) is 46.4 Å². The van der Waals surface area contributed by atoms with E-state index in [2.05, 4.69) is 15.3 Å². The predicted octanol–water partition coefficient (Wildman–Crippen LogP) is 0.673. The molecule has 0 saturated carbocycles. The molecule has 2 saturated heterocycles. The number of nitrogens with zero attached hydrogens (tertiary/aromatic N) is 4. The number of piperidine rings is 1. The second-order valence-corrected chi connectivity index (χ2v) is 7.77. The van der Waals surface area contributed by atoms with Crippen molar-refractivity contribution in [2.45, 2.75) is 13.0 Å². The largest absolute Gasteiger partial charge is 0.378 e. The normalized spacial score (nSPS) is 22.4. The van der Waals surface area contributed by atoms with Gasteiger partial charge in [-0.05, 0) is 18.6 Å². The Hall–Kier alpha value is -2.58. The van der Waals surface area contributed by atoms with Crippen LogP contribution in [0.5, 0.6) is 0 Å². The molecular weight excluding hydrogens is 370 g/mol. The van der Waals surface area contributed by atoms with Crippen LogP contribution < -0.4 is 5.32 Å². The van der Waals surface area contributed by atoms with Gasteiger partial charge in [-0.3, -0.25) is 14.6 Å². The minimum absolute atomic E-state index is 0.0342. The van der Waals surface area contributed by atoms with Crippen molar-refractivity contribution < 1.29 is 14.3 Å². The number of ether oxygens (including phenoxy) is 1. The summed E-state index contributed by atoms with van der Waals surface area (Å²) in [6, 6.07) is 7.69. The topological polar surface area (TPSA) is 87.7 Å². The molecule has 2 aliphatic heterocycles. The van der Waals surface area contributed by atoms with Crippen LogP contribution in [0.25, 0.3) is 11.0 Å². The number of aromatic nitrogens is 2. The molecule has 0 aliphatic carbocycles. The summed E-state index contributed by atoms with van der Waals surface area (Å²) in [6.07, 6.45) is 2.30. The van der Waals surface area contributed by atoms with Crippen LogP contribution in [0.2, 0.25) is 0 Å². The molecule has 0 unspecified atom stereocenters. The summed E-state index contributed by atoms with van der Waals surface area (Å²) in [5.41, 5.74) is 2.41. The highest BCUT2D eigenvalue weighted by Gasteiger charge is 2.34. The molecule has 2 fully saturated rings. The van der Waals surface area contributed by atoms with E-state index in [1.54, 1.807) is 18.1 Å². The average molecular weight is 397 g/mol. The second-order valence-electron chi connectivity index (χ2n) is 7.77. The maximum absolute atomic E-state index is 13.0. The molecule has 8 nitrogen and oxygen atoms in total. The van der Waals surface area contributed by atoms with Gasteiger partial charge in [-0.1, -0.05) is 12.1 Å². The van der Waals surface area contributed by atoms with Gasteiger partial charge in [0.2, 0.25) is 11.8 Å². The van der Waals surface area contributed by atoms with Crippen molar-refractivity contribution in [3.63, 3.8) is 0 Å². The SMILES string of the molecule is CN(Cc1cnc2ccccc2n1)C(=O)[C@H]1CNC[C@H](C(=O)N2CCOCC2)C1. The number of hydrogen-bond acceptors (Lipinski definition) is 6. The van der Waals surface area contributed by atoms with Gasteiger partial charge in [-0.25, -0.2) is 4.98 Å². The van der Waals surface area contributed by atoms with Crippen LogP contribution in [0.4, 0.5) is 0 Å². The lowest BCUT2D eigenvalue weighted by Crippen LogP contribution is -2.51. The summed E-state index contributed by atoms with van der Waals surface area (Å²) in [5, 5.41) is 3.27. The molecule has 154 valence electrons. The summed E-state index contributed by atoms with van der Waals surface area (Å²) >= 11 is 0. The fourth-order valence-corrected chi connectivity index (χ4v) is 4.06. The Labute approximate surface area is 170 Å². The first-order chi connectivity index (χ1) is 14.1. The smallest absolute Gasteiger partial charge is 0.227 e. The van der Waals surface area contributed by atoms with Crippen molar-refractivity contribution in [1.29, 1.82) is 0 Å². The number of fused-ring (bicyclic) bond motifs is 1. The number of morpholine rings is 1. The van der Waals surface area contributed by atoms with Crippen molar-refractivity contribution in [3.8, 4) is 0 Å². The summed E-state index contributed by atoms with van der Waals surface area (Å²) in [5.74, 6) is -0.213. The molecule has 0 bridgehead atoms. The van der Waals surface area contributed by atoms with Crippen LogP contribution in [0.15, 0.2) is 30.5 Å². The zero-order valence-electron chi connectivity index (χ0n) is 16.7. The molecule has 2 atom stereocenters. The van der Waals surface area contributed by atoms with Gasteiger partial charge < -0.3 is 19.9 Å². The summed E-state index contributed by atoms with van der Waals surface area (Å²) in [4.78, 5) is 38.4. The van der Waals surface area contributed by atoms with E-state index in [0.29, 0.717) is 52.4 Å². The third kappa shape index (κ3) is 4.54. The number of para-hydroxylation sites is 2. The first-order valence-corrected chi connectivity index (χ1v) is 10.1. The van der Waals surface area contributed by atoms with Crippen molar-refractivity contribution in [1.82, 2.24) is 25.1 Å². The molecule has 0 spiro atoms. The van der Waals surface area contributed by atoms with Crippen LogP contribution >= 0.6 is 0 Å². The van der Waals surface area contributed by atoms with Crippen molar-refractivity contribution >= 4 is 22.8 Å². The molecule has 1 aromatic heterocycles. The van der Waals surface area contributed by atoms with Gasteiger partial charge in [-0.15, -0.1) is 0 Å². The van der Waals surface area contributed by atoms with Gasteiger partial charge in [0.15, 0.2) is 0 Å². The lowest BCUT2D eigenvalue weighted by Gasteiger charge is -2.35. The van der Waals surface area contributed by atoms with Crippen LogP contribution in [-0.4, -0.2) is 78.0 Å². The molecule has 29 heavy (non-hydrogen) atoms. The van der Waals surface area contributed by atoms with E-state index < -0.39 is 0 Å². The van der Waals surface area contributed by atoms with E-state index in [0.717, 1.165) is 16.7 Å². The standard InChI is InChI=1S/C21H27N5O3/c1-25(14-17-13-23-18-4-2-3-5-19(18)24-17)20(27)15-10-16(12-22-11-15)21(28)26-6-8-29-9-7-26/h2-5,13,15-16,22H,6-12,14H2,1H3/t15-,16-/m1/s1. The van der Waals surface area contributed by atoms with Gasteiger partial charge in [0.1, 0.15) is 0 Å². The Balaban J connectivity index is 1.37. The van der Waals surface area contributed by atoms with Gasteiger partial charge in [-0.2, -0.15) is 0 Å². The van der Waals surface area contributed by atoms with E-state index in [4.69, 9.17) is 4.74 Å². The van der Waals surface area contributed by atoms with Crippen LogP contribution in [0.3, 0.4) is 0 Å². The highest BCUT2D eigenvalue weighted by Crippen LogP contribution is 2.22. The number of hydrogen-bond donors (Lipinski definition) is 1. The Morgan fingerprint density at radius 1 is 1.17 bits per heavy atom. The molecule has 4 rings (SSSR count). The average Bonchev–Trinajstić information content (AvgIpc) is 2.78. The maximum atomic E-state index is 13.0. The first-order valence-electron chi connectivity index (χ1n) is 10.1. The predicted molar refractivity (Wildman–Crippen MR) is 108 cm³/mol. The lowest BCUT2D eigenvalue weighted by atomic mass is 9.88. The number of amides is 2. The third-order valence-corrected chi connectivity index (χ3v) is 5.65. The fraction of sp³-hybridized carbons (Fsp3) is 0.524. The van der Waals surface area contributed by atoms with Crippen LogP contribution in [0, 0.1) is 11.8 Å². The Bertz CT molecular complexity index is 884. The zero-order chi connectivity index (χ0) is 20.2. The molecule has 3 heterocycles. The fourth-order valence-electron chi connectivity index (χ4n) is 4.06. The molecule has 1 N–H and O–H groups in total. The number of carbonyl (C=O) groups excluding carboxylic acids is 2. The minimum atomic E-state index is -0.211. The quantitative estimate of drug-likeness (QED) is 0.816. The highest BCUT2D eigenvalue weighted by molar-refractivity contribution is 5.83.